The fourth-order valence-electron chi connectivity index (χ4n) is 1.61. The third-order valence-electron chi connectivity index (χ3n) is 2.88. The number of methoxy groups -OCH3 is 1. The molecule has 0 aliphatic heterocycles. The number of ether oxygens (including phenoxy) is 1. The first-order chi connectivity index (χ1) is 9.22. The van der Waals surface area contributed by atoms with Gasteiger partial charge in [0.25, 0.3) is 0 Å². The lowest BCUT2D eigenvalue weighted by atomic mass is 10.3. The molecule has 0 aliphatic carbocycles. The van der Waals surface area contributed by atoms with E-state index in [1.54, 1.807) is 13.4 Å². The highest BCUT2D eigenvalue weighted by atomic mass is 16.5. The zero-order valence-electron chi connectivity index (χ0n) is 11.4. The van der Waals surface area contributed by atoms with Crippen LogP contribution < -0.4 is 15.0 Å². The normalized spacial score (nSPS) is 10.1. The fraction of sp³-hybridized carbons (Fsp3) is 0.286. The van der Waals surface area contributed by atoms with Crippen LogP contribution in [0.5, 0.6) is 5.75 Å². The SMILES string of the molecule is CCN(C)c1cc(Nc2ccc(OC)cc2)ncn1. The second-order valence-electron chi connectivity index (χ2n) is 4.13. The molecule has 0 saturated heterocycles. The van der Waals surface area contributed by atoms with Gasteiger partial charge in [-0.15, -0.1) is 0 Å². The van der Waals surface area contributed by atoms with Gasteiger partial charge in [0.1, 0.15) is 23.7 Å². The van der Waals surface area contributed by atoms with Crippen LogP contribution >= 0.6 is 0 Å². The Morgan fingerprint density at radius 3 is 2.58 bits per heavy atom. The van der Waals surface area contributed by atoms with Gasteiger partial charge in [-0.05, 0) is 31.2 Å². The van der Waals surface area contributed by atoms with E-state index in [2.05, 4.69) is 27.1 Å². The quantitative estimate of drug-likeness (QED) is 0.893. The molecule has 0 spiro atoms. The van der Waals surface area contributed by atoms with Crippen molar-refractivity contribution < 1.29 is 4.74 Å². The van der Waals surface area contributed by atoms with Crippen LogP contribution in [0.2, 0.25) is 0 Å². The van der Waals surface area contributed by atoms with E-state index in [9.17, 15) is 0 Å². The van der Waals surface area contributed by atoms with Crippen molar-refractivity contribution in [3.63, 3.8) is 0 Å². The fourth-order valence-corrected chi connectivity index (χ4v) is 1.61. The molecule has 0 aliphatic rings. The Kier molecular flexibility index (Phi) is 4.18. The second-order valence-corrected chi connectivity index (χ2v) is 4.13. The number of hydrogen-bond donors (Lipinski definition) is 1. The van der Waals surface area contributed by atoms with Crippen molar-refractivity contribution in [1.29, 1.82) is 0 Å². The lowest BCUT2D eigenvalue weighted by Gasteiger charge is -2.16. The Labute approximate surface area is 113 Å². The number of benzene rings is 1. The van der Waals surface area contributed by atoms with Crippen molar-refractivity contribution >= 4 is 17.3 Å². The van der Waals surface area contributed by atoms with Crippen LogP contribution in [0.25, 0.3) is 0 Å². The van der Waals surface area contributed by atoms with E-state index in [0.29, 0.717) is 0 Å². The molecule has 1 heterocycles. The van der Waals surface area contributed by atoms with Crippen LogP contribution in [0.3, 0.4) is 0 Å². The Balaban J connectivity index is 2.13. The van der Waals surface area contributed by atoms with Crippen LogP contribution in [-0.2, 0) is 0 Å². The molecular formula is C14H18N4O. The predicted molar refractivity (Wildman–Crippen MR) is 77.3 cm³/mol. The molecule has 1 N–H and O–H groups in total. The highest BCUT2D eigenvalue weighted by Crippen LogP contribution is 2.20. The average molecular weight is 258 g/mol. The van der Waals surface area contributed by atoms with E-state index in [-0.39, 0.29) is 0 Å². The van der Waals surface area contributed by atoms with Gasteiger partial charge in [-0.25, -0.2) is 9.97 Å². The number of rotatable bonds is 5. The summed E-state index contributed by atoms with van der Waals surface area (Å²) in [6.07, 6.45) is 1.56. The third kappa shape index (κ3) is 3.34. The molecule has 0 saturated carbocycles. The summed E-state index contributed by atoms with van der Waals surface area (Å²) in [4.78, 5) is 10.5. The minimum absolute atomic E-state index is 0.774. The second kappa shape index (κ2) is 6.04. The topological polar surface area (TPSA) is 50.3 Å². The number of nitrogens with one attached hydrogen (secondary N) is 1. The molecular weight excluding hydrogens is 240 g/mol. The van der Waals surface area contributed by atoms with Crippen molar-refractivity contribution in [2.24, 2.45) is 0 Å². The van der Waals surface area contributed by atoms with Gasteiger partial charge in [-0.3, -0.25) is 0 Å². The molecule has 2 rings (SSSR count). The molecule has 0 fully saturated rings. The van der Waals surface area contributed by atoms with Crippen molar-refractivity contribution in [2.45, 2.75) is 6.92 Å². The molecule has 2 aromatic rings. The van der Waals surface area contributed by atoms with Crippen molar-refractivity contribution in [1.82, 2.24) is 9.97 Å². The van der Waals surface area contributed by atoms with Gasteiger partial charge in [0.2, 0.25) is 0 Å². The van der Waals surface area contributed by atoms with Gasteiger partial charge in [0, 0.05) is 25.3 Å². The average Bonchev–Trinajstić information content (AvgIpc) is 2.47. The maximum absolute atomic E-state index is 5.12. The van der Waals surface area contributed by atoms with Gasteiger partial charge < -0.3 is 15.0 Å². The highest BCUT2D eigenvalue weighted by molar-refractivity contribution is 5.59. The first kappa shape index (κ1) is 13.1. The summed E-state index contributed by atoms with van der Waals surface area (Å²) in [5, 5.41) is 3.24. The molecule has 100 valence electrons. The van der Waals surface area contributed by atoms with Crippen molar-refractivity contribution in [2.75, 3.05) is 30.9 Å². The molecule has 0 unspecified atom stereocenters. The van der Waals surface area contributed by atoms with Crippen molar-refractivity contribution in [3.05, 3.63) is 36.7 Å². The minimum Gasteiger partial charge on any atom is -0.497 e. The molecule has 0 amide bonds. The lowest BCUT2D eigenvalue weighted by Crippen LogP contribution is -2.17. The van der Waals surface area contributed by atoms with Crippen molar-refractivity contribution in [3.8, 4) is 5.75 Å². The Hall–Kier alpha value is -2.30. The zero-order chi connectivity index (χ0) is 13.7. The van der Waals surface area contributed by atoms with Gasteiger partial charge in [0.05, 0.1) is 7.11 Å². The van der Waals surface area contributed by atoms with Gasteiger partial charge in [0.15, 0.2) is 0 Å². The van der Waals surface area contributed by atoms with E-state index in [1.807, 2.05) is 37.4 Å². The molecule has 0 bridgehead atoms. The molecule has 1 aromatic heterocycles. The van der Waals surface area contributed by atoms with E-state index >= 15 is 0 Å². The molecule has 5 nitrogen and oxygen atoms in total. The minimum atomic E-state index is 0.774. The lowest BCUT2D eigenvalue weighted by molar-refractivity contribution is 0.415. The summed E-state index contributed by atoms with van der Waals surface area (Å²) in [5.74, 6) is 2.50. The maximum atomic E-state index is 5.12. The monoisotopic (exact) mass is 258 g/mol. The summed E-state index contributed by atoms with van der Waals surface area (Å²) in [6.45, 7) is 2.98. The Bertz CT molecular complexity index is 527. The van der Waals surface area contributed by atoms with Crippen LogP contribution in [-0.4, -0.2) is 30.7 Å². The van der Waals surface area contributed by atoms with Gasteiger partial charge in [-0.2, -0.15) is 0 Å². The van der Waals surface area contributed by atoms with E-state index in [4.69, 9.17) is 4.74 Å². The number of hydrogen-bond acceptors (Lipinski definition) is 5. The van der Waals surface area contributed by atoms with Crippen LogP contribution in [0.1, 0.15) is 6.92 Å². The standard InChI is InChI=1S/C14H18N4O/c1-4-18(2)14-9-13(15-10-16-14)17-11-5-7-12(19-3)8-6-11/h5-10H,4H2,1-3H3,(H,15,16,17). The maximum Gasteiger partial charge on any atom is 0.135 e. The Morgan fingerprint density at radius 2 is 1.95 bits per heavy atom. The molecule has 5 heteroatoms. The summed E-state index contributed by atoms with van der Waals surface area (Å²) in [6, 6.07) is 9.63. The molecule has 19 heavy (non-hydrogen) atoms. The van der Waals surface area contributed by atoms with Crippen LogP contribution in [0.15, 0.2) is 36.7 Å². The van der Waals surface area contributed by atoms with E-state index < -0.39 is 0 Å². The zero-order valence-corrected chi connectivity index (χ0v) is 11.4. The smallest absolute Gasteiger partial charge is 0.135 e. The van der Waals surface area contributed by atoms with Crippen LogP contribution in [0.4, 0.5) is 17.3 Å². The largest absolute Gasteiger partial charge is 0.497 e. The number of anilines is 3. The van der Waals surface area contributed by atoms with E-state index in [1.165, 1.54) is 0 Å². The molecule has 0 radical (unpaired) electrons. The third-order valence-corrected chi connectivity index (χ3v) is 2.88. The van der Waals surface area contributed by atoms with Gasteiger partial charge >= 0.3 is 0 Å². The predicted octanol–water partition coefficient (Wildman–Crippen LogP) is 2.68. The molecule has 1 aromatic carbocycles. The molecule has 0 atom stereocenters. The number of aromatic nitrogens is 2. The number of nitrogens with zero attached hydrogens (tertiary/aromatic N) is 3. The first-order valence-corrected chi connectivity index (χ1v) is 6.17. The summed E-state index contributed by atoms with van der Waals surface area (Å²) in [7, 11) is 3.65. The highest BCUT2D eigenvalue weighted by Gasteiger charge is 2.03. The summed E-state index contributed by atoms with van der Waals surface area (Å²) < 4.78 is 5.12. The summed E-state index contributed by atoms with van der Waals surface area (Å²) >= 11 is 0. The van der Waals surface area contributed by atoms with Gasteiger partial charge in [-0.1, -0.05) is 0 Å². The van der Waals surface area contributed by atoms with Crippen LogP contribution in [0, 0.1) is 0 Å². The first-order valence-electron chi connectivity index (χ1n) is 6.17. The van der Waals surface area contributed by atoms with E-state index in [0.717, 1.165) is 29.6 Å². The Morgan fingerprint density at radius 1 is 1.21 bits per heavy atom. The summed E-state index contributed by atoms with van der Waals surface area (Å²) in [5.41, 5.74) is 0.963.